The Balaban J connectivity index is 2.37. The summed E-state index contributed by atoms with van der Waals surface area (Å²) in [6.07, 6.45) is 0.895. The fourth-order valence-electron chi connectivity index (χ4n) is 1.56. The highest BCUT2D eigenvalue weighted by atomic mass is 19.1. The van der Waals surface area contributed by atoms with Crippen molar-refractivity contribution in [2.24, 2.45) is 0 Å². The first-order valence-electron chi connectivity index (χ1n) is 4.76. The summed E-state index contributed by atoms with van der Waals surface area (Å²) < 4.78 is 18.6. The van der Waals surface area contributed by atoms with Crippen molar-refractivity contribution in [1.29, 1.82) is 0 Å². The van der Waals surface area contributed by atoms with E-state index in [0.717, 1.165) is 6.42 Å². The van der Waals surface area contributed by atoms with E-state index in [1.165, 1.54) is 18.2 Å². The van der Waals surface area contributed by atoms with Crippen LogP contribution < -0.4 is 15.5 Å². The molecule has 0 aromatic heterocycles. The quantitative estimate of drug-likeness (QED) is 0.756. The number of hydrogen-bond acceptors (Lipinski definition) is 4. The van der Waals surface area contributed by atoms with Gasteiger partial charge in [-0.15, -0.1) is 0 Å². The van der Waals surface area contributed by atoms with Crippen LogP contribution in [0.3, 0.4) is 0 Å². The number of nitrogens with zero attached hydrogens (tertiary/aromatic N) is 1. The van der Waals surface area contributed by atoms with Crippen LogP contribution in [0.1, 0.15) is 6.42 Å². The van der Waals surface area contributed by atoms with E-state index in [4.69, 9.17) is 15.3 Å². The summed E-state index contributed by atoms with van der Waals surface area (Å²) in [6.45, 7) is 1.30. The Hall–Kier alpha value is -1.49. The number of nitrogen functional groups attached to an aromatic ring is 1. The Morgan fingerprint density at radius 2 is 2.33 bits per heavy atom. The minimum absolute atomic E-state index is 0.290. The number of benzene rings is 1. The van der Waals surface area contributed by atoms with Gasteiger partial charge in [-0.2, -0.15) is 0 Å². The summed E-state index contributed by atoms with van der Waals surface area (Å²) in [6, 6.07) is 2.80. The van der Waals surface area contributed by atoms with Crippen molar-refractivity contribution in [1.82, 2.24) is 0 Å². The van der Waals surface area contributed by atoms with Crippen LogP contribution >= 0.6 is 0 Å². The van der Waals surface area contributed by atoms with E-state index < -0.39 is 5.82 Å². The van der Waals surface area contributed by atoms with Gasteiger partial charge in [0.05, 0.1) is 19.4 Å². The summed E-state index contributed by atoms with van der Waals surface area (Å²) in [5.41, 5.74) is 6.24. The zero-order valence-corrected chi connectivity index (χ0v) is 8.50. The monoisotopic (exact) mass is 212 g/mol. The Morgan fingerprint density at radius 1 is 1.53 bits per heavy atom. The highest BCUT2D eigenvalue weighted by Gasteiger charge is 2.19. The van der Waals surface area contributed by atoms with E-state index in [2.05, 4.69) is 0 Å². The summed E-state index contributed by atoms with van der Waals surface area (Å²) in [5, 5.41) is 1.53. The lowest BCUT2D eigenvalue weighted by molar-refractivity contribution is 0.166. The van der Waals surface area contributed by atoms with E-state index in [0.29, 0.717) is 24.6 Å². The molecule has 0 bridgehead atoms. The average Bonchev–Trinajstić information content (AvgIpc) is 2.71. The Bertz CT molecular complexity index is 365. The summed E-state index contributed by atoms with van der Waals surface area (Å²) in [4.78, 5) is 5.26. The first kappa shape index (κ1) is 10.0. The molecule has 0 radical (unpaired) electrons. The standard InChI is InChI=1S/C10H13FN2O2/c1-14-10-6-9(7(11)5-8(10)12)13-3-2-4-15-13/h5-6H,2-4,12H2,1H3. The fraction of sp³-hybridized carbons (Fsp3) is 0.400. The van der Waals surface area contributed by atoms with Crippen LogP contribution in [0, 0.1) is 5.82 Å². The van der Waals surface area contributed by atoms with Gasteiger partial charge in [0, 0.05) is 18.7 Å². The lowest BCUT2D eigenvalue weighted by atomic mass is 10.2. The van der Waals surface area contributed by atoms with E-state index >= 15 is 0 Å². The van der Waals surface area contributed by atoms with Crippen LogP contribution in [0.2, 0.25) is 0 Å². The van der Waals surface area contributed by atoms with Gasteiger partial charge in [-0.1, -0.05) is 0 Å². The Kier molecular flexibility index (Phi) is 2.64. The molecule has 2 rings (SSSR count). The number of nitrogens with two attached hydrogens (primary N) is 1. The third-order valence-electron chi connectivity index (χ3n) is 2.32. The molecular weight excluding hydrogens is 199 g/mol. The van der Waals surface area contributed by atoms with Gasteiger partial charge in [-0.05, 0) is 6.42 Å². The predicted octanol–water partition coefficient (Wildman–Crippen LogP) is 1.56. The van der Waals surface area contributed by atoms with Gasteiger partial charge in [0.15, 0.2) is 5.82 Å². The highest BCUT2D eigenvalue weighted by Crippen LogP contribution is 2.31. The molecule has 2 N–H and O–H groups in total. The molecule has 0 spiro atoms. The average molecular weight is 212 g/mol. The van der Waals surface area contributed by atoms with Crippen molar-refractivity contribution in [3.63, 3.8) is 0 Å². The largest absolute Gasteiger partial charge is 0.495 e. The molecule has 1 aliphatic rings. The SMILES string of the molecule is COc1cc(N2CCCO2)c(F)cc1N. The van der Waals surface area contributed by atoms with Crippen LogP contribution in [-0.4, -0.2) is 20.3 Å². The van der Waals surface area contributed by atoms with Gasteiger partial charge >= 0.3 is 0 Å². The Labute approximate surface area is 87.3 Å². The second kappa shape index (κ2) is 3.94. The predicted molar refractivity (Wildman–Crippen MR) is 55.3 cm³/mol. The topological polar surface area (TPSA) is 47.7 Å². The molecule has 0 unspecified atom stereocenters. The van der Waals surface area contributed by atoms with Gasteiger partial charge in [0.2, 0.25) is 0 Å². The summed E-state index contributed by atoms with van der Waals surface area (Å²) in [5.74, 6) is 0.0668. The first-order valence-corrected chi connectivity index (χ1v) is 4.76. The molecule has 0 saturated carbocycles. The van der Waals surface area contributed by atoms with Crippen molar-refractivity contribution in [2.75, 3.05) is 31.1 Å². The summed E-state index contributed by atoms with van der Waals surface area (Å²) in [7, 11) is 1.50. The normalized spacial score (nSPS) is 15.7. The zero-order chi connectivity index (χ0) is 10.8. The van der Waals surface area contributed by atoms with Crippen molar-refractivity contribution in [3.05, 3.63) is 17.9 Å². The van der Waals surface area contributed by atoms with E-state index in [-0.39, 0.29) is 5.69 Å². The van der Waals surface area contributed by atoms with Gasteiger partial charge in [0.25, 0.3) is 0 Å². The zero-order valence-electron chi connectivity index (χ0n) is 8.50. The highest BCUT2D eigenvalue weighted by molar-refractivity contribution is 5.62. The van der Waals surface area contributed by atoms with Crippen molar-refractivity contribution < 1.29 is 14.0 Å². The molecule has 0 aliphatic carbocycles. The maximum absolute atomic E-state index is 13.6. The van der Waals surface area contributed by atoms with Crippen LogP contribution in [-0.2, 0) is 4.84 Å². The van der Waals surface area contributed by atoms with Crippen LogP contribution in [0.15, 0.2) is 12.1 Å². The maximum Gasteiger partial charge on any atom is 0.151 e. The molecule has 0 amide bonds. The van der Waals surface area contributed by atoms with Crippen LogP contribution in [0.25, 0.3) is 0 Å². The number of ether oxygens (including phenoxy) is 1. The molecule has 1 aromatic rings. The third kappa shape index (κ3) is 1.83. The fourth-order valence-corrected chi connectivity index (χ4v) is 1.56. The molecule has 1 heterocycles. The van der Waals surface area contributed by atoms with Crippen molar-refractivity contribution >= 4 is 11.4 Å². The lowest BCUT2D eigenvalue weighted by Gasteiger charge is -2.18. The van der Waals surface area contributed by atoms with Gasteiger partial charge in [-0.3, -0.25) is 9.90 Å². The second-order valence-corrected chi connectivity index (χ2v) is 3.33. The molecule has 0 atom stereocenters. The first-order chi connectivity index (χ1) is 7.22. The van der Waals surface area contributed by atoms with E-state index in [1.807, 2.05) is 0 Å². The molecular formula is C10H13FN2O2. The van der Waals surface area contributed by atoms with Gasteiger partial charge in [-0.25, -0.2) is 4.39 Å². The van der Waals surface area contributed by atoms with Crippen LogP contribution in [0.4, 0.5) is 15.8 Å². The summed E-state index contributed by atoms with van der Waals surface area (Å²) >= 11 is 0. The molecule has 5 heteroatoms. The van der Waals surface area contributed by atoms with Crippen molar-refractivity contribution in [2.45, 2.75) is 6.42 Å². The lowest BCUT2D eigenvalue weighted by Crippen LogP contribution is -2.17. The number of methoxy groups -OCH3 is 1. The Morgan fingerprint density at radius 3 is 2.93 bits per heavy atom. The number of hydroxylamine groups is 1. The molecule has 1 saturated heterocycles. The van der Waals surface area contributed by atoms with E-state index in [1.54, 1.807) is 6.07 Å². The minimum atomic E-state index is -0.393. The van der Waals surface area contributed by atoms with Gasteiger partial charge < -0.3 is 10.5 Å². The molecule has 1 aromatic carbocycles. The number of anilines is 2. The molecule has 82 valence electrons. The number of halogens is 1. The minimum Gasteiger partial charge on any atom is -0.495 e. The van der Waals surface area contributed by atoms with E-state index in [9.17, 15) is 4.39 Å². The molecule has 1 fully saturated rings. The third-order valence-corrected chi connectivity index (χ3v) is 2.32. The van der Waals surface area contributed by atoms with Crippen molar-refractivity contribution in [3.8, 4) is 5.75 Å². The maximum atomic E-state index is 13.6. The number of hydrogen-bond donors (Lipinski definition) is 1. The molecule has 4 nitrogen and oxygen atoms in total. The number of rotatable bonds is 2. The smallest absolute Gasteiger partial charge is 0.151 e. The molecule has 15 heavy (non-hydrogen) atoms. The van der Waals surface area contributed by atoms with Gasteiger partial charge in [0.1, 0.15) is 11.4 Å². The molecule has 1 aliphatic heterocycles. The van der Waals surface area contributed by atoms with Crippen LogP contribution in [0.5, 0.6) is 5.75 Å². The second-order valence-electron chi connectivity index (χ2n) is 3.33.